The van der Waals surface area contributed by atoms with Crippen LogP contribution < -0.4 is 25.3 Å². The zero-order valence-electron chi connectivity index (χ0n) is 20.8. The van der Waals surface area contributed by atoms with Gasteiger partial charge in [0.05, 0.1) is 37.5 Å². The quantitative estimate of drug-likeness (QED) is 0.288. The second-order valence-corrected chi connectivity index (χ2v) is 7.66. The number of methoxy groups -OCH3 is 2. The molecule has 0 saturated heterocycles. The summed E-state index contributed by atoms with van der Waals surface area (Å²) in [4.78, 5) is 17.5. The van der Waals surface area contributed by atoms with E-state index in [2.05, 4.69) is 27.4 Å². The van der Waals surface area contributed by atoms with E-state index >= 15 is 0 Å². The normalized spacial score (nSPS) is 10.4. The highest BCUT2D eigenvalue weighted by Crippen LogP contribution is 2.45. The first-order chi connectivity index (χ1) is 19.0. The summed E-state index contributed by atoms with van der Waals surface area (Å²) in [5.41, 5.74) is 7.70. The lowest BCUT2D eigenvalue weighted by molar-refractivity contribution is -0.192. The highest BCUT2D eigenvalue weighted by Gasteiger charge is 2.38. The van der Waals surface area contributed by atoms with Crippen molar-refractivity contribution in [1.29, 1.82) is 10.5 Å². The highest BCUT2D eigenvalue weighted by atomic mass is 19.4. The number of nitriles is 2. The zero-order chi connectivity index (χ0) is 29.4. The third-order valence-electron chi connectivity index (χ3n) is 5.01. The molecular formula is C26H19F3N6O5. The topological polar surface area (TPSA) is 176 Å². The van der Waals surface area contributed by atoms with E-state index in [0.29, 0.717) is 34.1 Å². The number of ether oxygens (including phenoxy) is 3. The smallest absolute Gasteiger partial charge is 0.490 e. The Morgan fingerprint density at radius 2 is 1.57 bits per heavy atom. The van der Waals surface area contributed by atoms with Crippen molar-refractivity contribution in [3.63, 3.8) is 0 Å². The van der Waals surface area contributed by atoms with Gasteiger partial charge < -0.3 is 30.4 Å². The Morgan fingerprint density at radius 3 is 2.12 bits per heavy atom. The first kappa shape index (κ1) is 28.8. The van der Waals surface area contributed by atoms with Gasteiger partial charge in [0.2, 0.25) is 17.6 Å². The third kappa shape index (κ3) is 6.96. The molecular weight excluding hydrogens is 533 g/mol. The van der Waals surface area contributed by atoms with Gasteiger partial charge in [-0.15, -0.1) is 0 Å². The van der Waals surface area contributed by atoms with E-state index in [1.165, 1.54) is 20.3 Å². The number of carboxylic acid groups (broad SMARTS) is 1. The van der Waals surface area contributed by atoms with Crippen LogP contribution in [0.3, 0.4) is 0 Å². The third-order valence-corrected chi connectivity index (χ3v) is 5.01. The molecule has 0 atom stereocenters. The number of nitrogen functional groups attached to an aromatic ring is 1. The number of benzene rings is 3. The molecule has 0 bridgehead atoms. The number of alkyl halides is 3. The summed E-state index contributed by atoms with van der Waals surface area (Å²) in [5, 5.41) is 29.8. The summed E-state index contributed by atoms with van der Waals surface area (Å²) in [6.45, 7) is 0. The summed E-state index contributed by atoms with van der Waals surface area (Å²) in [5.74, 6) is -1.06. The van der Waals surface area contributed by atoms with Gasteiger partial charge in [-0.05, 0) is 53.9 Å². The molecule has 11 nitrogen and oxygen atoms in total. The van der Waals surface area contributed by atoms with Crippen LogP contribution in [0.4, 0.5) is 30.6 Å². The Hall–Kier alpha value is -5.76. The largest absolute Gasteiger partial charge is 0.493 e. The molecule has 4 aromatic rings. The van der Waals surface area contributed by atoms with Gasteiger partial charge in [-0.1, -0.05) is 0 Å². The van der Waals surface area contributed by atoms with E-state index < -0.39 is 12.1 Å². The van der Waals surface area contributed by atoms with Crippen molar-refractivity contribution >= 4 is 34.2 Å². The Morgan fingerprint density at radius 1 is 0.950 bits per heavy atom. The molecule has 3 aromatic carbocycles. The van der Waals surface area contributed by atoms with Gasteiger partial charge in [-0.3, -0.25) is 0 Å². The number of nitrogens with zero attached hydrogens (tertiary/aromatic N) is 4. The fraction of sp³-hybridized carbons (Fsp3) is 0.115. The first-order valence-corrected chi connectivity index (χ1v) is 11.0. The van der Waals surface area contributed by atoms with E-state index in [1.54, 1.807) is 48.5 Å². The number of nitrogens with one attached hydrogen (secondary N) is 1. The number of aliphatic carboxylic acids is 1. The SMILES string of the molecule is COc1cc2cc(C#N)ccc2c(OC)c1Oc1cc(N)nc(Nc2ccc(C#N)cc2)n1.O=C(O)C(F)(F)F. The number of aromatic nitrogens is 2. The minimum absolute atomic E-state index is 0.170. The minimum Gasteiger partial charge on any atom is -0.493 e. The van der Waals surface area contributed by atoms with Crippen LogP contribution in [0.15, 0.2) is 54.6 Å². The van der Waals surface area contributed by atoms with Crippen LogP contribution in [-0.4, -0.2) is 41.4 Å². The predicted molar refractivity (Wildman–Crippen MR) is 136 cm³/mol. The molecule has 4 N–H and O–H groups in total. The van der Waals surface area contributed by atoms with Gasteiger partial charge in [0.15, 0.2) is 11.5 Å². The Bertz CT molecular complexity index is 1630. The van der Waals surface area contributed by atoms with E-state index in [9.17, 15) is 18.4 Å². The summed E-state index contributed by atoms with van der Waals surface area (Å²) in [6.07, 6.45) is -5.08. The van der Waals surface area contributed by atoms with Gasteiger partial charge in [0.1, 0.15) is 5.82 Å². The molecule has 1 aromatic heterocycles. The number of hydrogen-bond acceptors (Lipinski definition) is 10. The number of rotatable bonds is 6. The summed E-state index contributed by atoms with van der Waals surface area (Å²) < 4.78 is 48.9. The van der Waals surface area contributed by atoms with Crippen molar-refractivity contribution in [3.8, 4) is 35.3 Å². The van der Waals surface area contributed by atoms with Crippen molar-refractivity contribution in [2.75, 3.05) is 25.3 Å². The molecule has 4 rings (SSSR count). The van der Waals surface area contributed by atoms with E-state index in [-0.39, 0.29) is 17.6 Å². The number of nitrogens with two attached hydrogens (primary N) is 1. The van der Waals surface area contributed by atoms with Crippen LogP contribution in [0.25, 0.3) is 10.8 Å². The maximum Gasteiger partial charge on any atom is 0.490 e. The average Bonchev–Trinajstić information content (AvgIpc) is 2.92. The fourth-order valence-corrected chi connectivity index (χ4v) is 3.26. The molecule has 204 valence electrons. The van der Waals surface area contributed by atoms with Crippen molar-refractivity contribution in [1.82, 2.24) is 9.97 Å². The minimum atomic E-state index is -5.08. The number of halogens is 3. The van der Waals surface area contributed by atoms with Gasteiger partial charge in [-0.2, -0.15) is 33.7 Å². The van der Waals surface area contributed by atoms with E-state index in [0.717, 1.165) is 10.8 Å². The molecule has 0 aliphatic rings. The lowest BCUT2D eigenvalue weighted by atomic mass is 10.1. The number of hydrogen-bond donors (Lipinski definition) is 3. The lowest BCUT2D eigenvalue weighted by Gasteiger charge is -2.16. The molecule has 0 aliphatic carbocycles. The van der Waals surface area contributed by atoms with E-state index in [4.69, 9.17) is 35.1 Å². The molecule has 1 heterocycles. The molecule has 0 fully saturated rings. The van der Waals surface area contributed by atoms with Gasteiger partial charge >= 0.3 is 12.1 Å². The molecule has 0 amide bonds. The summed E-state index contributed by atoms with van der Waals surface area (Å²) in [6, 6.07) is 19.5. The molecule has 14 heteroatoms. The Kier molecular flexibility index (Phi) is 8.78. The summed E-state index contributed by atoms with van der Waals surface area (Å²) in [7, 11) is 3.03. The second kappa shape index (κ2) is 12.2. The number of carbonyl (C=O) groups is 1. The van der Waals surface area contributed by atoms with E-state index in [1.807, 2.05) is 0 Å². The standard InChI is InChI=1S/C24H18N6O3.C2HF3O2/c1-31-19-10-16-9-15(13-26)5-8-18(16)22(32-2)23(19)33-21-11-20(27)29-24(30-21)28-17-6-3-14(12-25)4-7-17;3-2(4,5)1(6)7/h3-11H,1-2H3,(H3,27,28,29,30);(H,6,7). The van der Waals surface area contributed by atoms with Gasteiger partial charge in [0.25, 0.3) is 0 Å². The van der Waals surface area contributed by atoms with Crippen molar-refractivity contribution < 1.29 is 37.3 Å². The number of anilines is 3. The van der Waals surface area contributed by atoms with Gasteiger partial charge in [-0.25, -0.2) is 4.79 Å². The number of fused-ring (bicyclic) bond motifs is 1. The molecule has 0 radical (unpaired) electrons. The van der Waals surface area contributed by atoms with Gasteiger partial charge in [0, 0.05) is 17.1 Å². The first-order valence-electron chi connectivity index (χ1n) is 11.0. The maximum atomic E-state index is 10.6. The average molecular weight is 552 g/mol. The molecule has 40 heavy (non-hydrogen) atoms. The monoisotopic (exact) mass is 552 g/mol. The Labute approximate surface area is 224 Å². The zero-order valence-corrected chi connectivity index (χ0v) is 20.8. The fourth-order valence-electron chi connectivity index (χ4n) is 3.26. The second-order valence-electron chi connectivity index (χ2n) is 7.66. The van der Waals surface area contributed by atoms with Crippen molar-refractivity contribution in [2.24, 2.45) is 0 Å². The maximum absolute atomic E-state index is 10.6. The van der Waals surface area contributed by atoms with Crippen molar-refractivity contribution in [2.45, 2.75) is 6.18 Å². The summed E-state index contributed by atoms with van der Waals surface area (Å²) >= 11 is 0. The number of carboxylic acids is 1. The Balaban J connectivity index is 0.000000559. The highest BCUT2D eigenvalue weighted by molar-refractivity contribution is 5.94. The van der Waals surface area contributed by atoms with Crippen LogP contribution >= 0.6 is 0 Å². The molecule has 0 spiro atoms. The van der Waals surface area contributed by atoms with Crippen LogP contribution in [0.1, 0.15) is 11.1 Å². The molecule has 0 unspecified atom stereocenters. The van der Waals surface area contributed by atoms with Crippen LogP contribution in [0, 0.1) is 22.7 Å². The molecule has 0 saturated carbocycles. The van der Waals surface area contributed by atoms with Crippen molar-refractivity contribution in [3.05, 3.63) is 65.7 Å². The van der Waals surface area contributed by atoms with Crippen LogP contribution in [0.2, 0.25) is 0 Å². The van der Waals surface area contributed by atoms with Crippen LogP contribution in [0.5, 0.6) is 23.1 Å². The predicted octanol–water partition coefficient (Wildman–Crippen LogP) is 5.14. The van der Waals surface area contributed by atoms with Crippen LogP contribution in [-0.2, 0) is 4.79 Å². The molecule has 0 aliphatic heterocycles. The lowest BCUT2D eigenvalue weighted by Crippen LogP contribution is -2.21.